The van der Waals surface area contributed by atoms with Gasteiger partial charge in [0.15, 0.2) is 0 Å². The lowest BCUT2D eigenvalue weighted by Crippen LogP contribution is -2.28. The fourth-order valence-corrected chi connectivity index (χ4v) is 2.70. The number of hydrogen-bond acceptors (Lipinski definition) is 2. The zero-order chi connectivity index (χ0) is 13.2. The number of nitrogens with zero attached hydrogens (tertiary/aromatic N) is 2. The fourth-order valence-electron chi connectivity index (χ4n) is 2.70. The molecule has 0 N–H and O–H groups in total. The van der Waals surface area contributed by atoms with Crippen molar-refractivity contribution in [2.24, 2.45) is 0 Å². The fraction of sp³-hybridized carbons (Fsp3) is 0.438. The first-order valence-electron chi connectivity index (χ1n) is 6.99. The first kappa shape index (κ1) is 12.3. The Balaban J connectivity index is 1.74. The van der Waals surface area contributed by atoms with E-state index >= 15 is 0 Å². The second kappa shape index (κ2) is 5.08. The summed E-state index contributed by atoms with van der Waals surface area (Å²) in [5, 5.41) is 0. The molecule has 19 heavy (non-hydrogen) atoms. The van der Waals surface area contributed by atoms with Gasteiger partial charge in [-0.15, -0.1) is 0 Å². The van der Waals surface area contributed by atoms with Crippen LogP contribution in [0.5, 0.6) is 5.75 Å². The van der Waals surface area contributed by atoms with Gasteiger partial charge in [-0.25, -0.2) is 4.98 Å². The number of benzene rings is 1. The molecular weight excluding hydrogens is 236 g/mol. The molecule has 0 fully saturated rings. The maximum absolute atomic E-state index is 6.09. The lowest BCUT2D eigenvalue weighted by Gasteiger charge is -2.27. The number of aryl methyl sites for hydroxylation is 1. The average Bonchev–Trinajstić information content (AvgIpc) is 2.87. The second-order valence-electron chi connectivity index (χ2n) is 5.48. The van der Waals surface area contributed by atoms with Crippen LogP contribution in [0.3, 0.4) is 0 Å². The molecule has 1 aliphatic heterocycles. The summed E-state index contributed by atoms with van der Waals surface area (Å²) in [5.74, 6) is 2.64. The summed E-state index contributed by atoms with van der Waals surface area (Å²) in [5.41, 5.74) is 1.33. The highest BCUT2D eigenvalue weighted by molar-refractivity contribution is 5.35. The molecule has 0 bridgehead atoms. The van der Waals surface area contributed by atoms with Gasteiger partial charge >= 0.3 is 0 Å². The van der Waals surface area contributed by atoms with Crippen molar-refractivity contribution < 1.29 is 4.74 Å². The molecule has 1 aromatic heterocycles. The smallest absolute Gasteiger partial charge is 0.123 e. The summed E-state index contributed by atoms with van der Waals surface area (Å²) in [6, 6.07) is 8.34. The van der Waals surface area contributed by atoms with E-state index in [9.17, 15) is 0 Å². The van der Waals surface area contributed by atoms with Crippen molar-refractivity contribution in [1.29, 1.82) is 0 Å². The van der Waals surface area contributed by atoms with E-state index in [2.05, 4.69) is 47.8 Å². The molecule has 0 spiro atoms. The summed E-state index contributed by atoms with van der Waals surface area (Å²) in [6.45, 7) is 5.24. The van der Waals surface area contributed by atoms with Gasteiger partial charge in [-0.1, -0.05) is 32.0 Å². The Hall–Kier alpha value is -1.77. The van der Waals surface area contributed by atoms with Crippen molar-refractivity contribution >= 4 is 0 Å². The molecular formula is C16H20N2O. The molecule has 1 aliphatic rings. The van der Waals surface area contributed by atoms with E-state index in [-0.39, 0.29) is 6.10 Å². The van der Waals surface area contributed by atoms with E-state index in [0.29, 0.717) is 5.92 Å². The van der Waals surface area contributed by atoms with Crippen molar-refractivity contribution in [1.82, 2.24) is 9.55 Å². The Morgan fingerprint density at radius 2 is 2.21 bits per heavy atom. The van der Waals surface area contributed by atoms with Crippen LogP contribution >= 0.6 is 0 Å². The van der Waals surface area contributed by atoms with Crippen LogP contribution in [0.25, 0.3) is 0 Å². The summed E-state index contributed by atoms with van der Waals surface area (Å²) < 4.78 is 8.32. The molecule has 2 heterocycles. The molecule has 1 atom stereocenters. The molecule has 0 aliphatic carbocycles. The molecule has 0 radical (unpaired) electrons. The summed E-state index contributed by atoms with van der Waals surface area (Å²) in [7, 11) is 0. The molecule has 3 rings (SSSR count). The summed E-state index contributed by atoms with van der Waals surface area (Å²) in [4.78, 5) is 4.43. The molecule has 100 valence electrons. The number of imidazole rings is 1. The Bertz CT molecular complexity index is 559. The summed E-state index contributed by atoms with van der Waals surface area (Å²) in [6.07, 6.45) is 6.37. The normalized spacial score (nSPS) is 18.2. The standard InChI is InChI=1S/C16H20N2O/c1-12(2)16-17-9-10-18(16)11-14-8-7-13-5-3-4-6-15(13)19-14/h3-6,9-10,12,14H,7-8,11H2,1-2H3/t14-/m1/s1. The minimum absolute atomic E-state index is 0.251. The van der Waals surface area contributed by atoms with E-state index in [0.717, 1.165) is 31.0 Å². The Morgan fingerprint density at radius 3 is 3.05 bits per heavy atom. The highest BCUT2D eigenvalue weighted by Crippen LogP contribution is 2.28. The quantitative estimate of drug-likeness (QED) is 0.841. The van der Waals surface area contributed by atoms with Gasteiger partial charge in [0.1, 0.15) is 17.7 Å². The predicted molar refractivity (Wildman–Crippen MR) is 75.5 cm³/mol. The lowest BCUT2D eigenvalue weighted by molar-refractivity contribution is 0.152. The molecule has 0 saturated carbocycles. The molecule has 2 aromatic rings. The van der Waals surface area contributed by atoms with Crippen LogP contribution in [0, 0.1) is 0 Å². The summed E-state index contributed by atoms with van der Waals surface area (Å²) >= 11 is 0. The van der Waals surface area contributed by atoms with E-state index in [1.165, 1.54) is 5.56 Å². The first-order valence-corrected chi connectivity index (χ1v) is 6.99. The third-order valence-electron chi connectivity index (χ3n) is 3.67. The van der Waals surface area contributed by atoms with Crippen LogP contribution in [0.15, 0.2) is 36.7 Å². The van der Waals surface area contributed by atoms with Crippen LogP contribution in [0.1, 0.15) is 37.6 Å². The van der Waals surface area contributed by atoms with Gasteiger partial charge in [-0.2, -0.15) is 0 Å². The second-order valence-corrected chi connectivity index (χ2v) is 5.48. The number of fused-ring (bicyclic) bond motifs is 1. The van der Waals surface area contributed by atoms with Crippen LogP contribution in [0.2, 0.25) is 0 Å². The van der Waals surface area contributed by atoms with E-state index in [1.54, 1.807) is 0 Å². The zero-order valence-corrected chi connectivity index (χ0v) is 11.5. The minimum atomic E-state index is 0.251. The maximum Gasteiger partial charge on any atom is 0.123 e. The van der Waals surface area contributed by atoms with Gasteiger partial charge in [-0.05, 0) is 24.5 Å². The molecule has 1 aromatic carbocycles. The highest BCUT2D eigenvalue weighted by Gasteiger charge is 2.20. The van der Waals surface area contributed by atoms with E-state index < -0.39 is 0 Å². The molecule has 0 amide bonds. The van der Waals surface area contributed by atoms with Gasteiger partial charge in [0.05, 0.1) is 6.54 Å². The Labute approximate surface area is 114 Å². The topological polar surface area (TPSA) is 27.1 Å². The molecule has 3 heteroatoms. The van der Waals surface area contributed by atoms with Gasteiger partial charge < -0.3 is 9.30 Å². The van der Waals surface area contributed by atoms with Crippen LogP contribution in [0.4, 0.5) is 0 Å². The van der Waals surface area contributed by atoms with E-state index in [4.69, 9.17) is 4.74 Å². The molecule has 0 unspecified atom stereocenters. The van der Waals surface area contributed by atoms with Crippen molar-refractivity contribution in [2.75, 3.05) is 0 Å². The number of ether oxygens (including phenoxy) is 1. The van der Waals surface area contributed by atoms with Gasteiger partial charge in [-0.3, -0.25) is 0 Å². The lowest BCUT2D eigenvalue weighted by atomic mass is 10.0. The van der Waals surface area contributed by atoms with Gasteiger partial charge in [0, 0.05) is 18.3 Å². The van der Waals surface area contributed by atoms with Crippen LogP contribution in [-0.2, 0) is 13.0 Å². The maximum atomic E-state index is 6.09. The number of rotatable bonds is 3. The van der Waals surface area contributed by atoms with Gasteiger partial charge in [0.25, 0.3) is 0 Å². The largest absolute Gasteiger partial charge is 0.488 e. The van der Waals surface area contributed by atoms with Crippen molar-refractivity contribution in [3.63, 3.8) is 0 Å². The van der Waals surface area contributed by atoms with Crippen molar-refractivity contribution in [3.05, 3.63) is 48.0 Å². The van der Waals surface area contributed by atoms with Gasteiger partial charge in [0.2, 0.25) is 0 Å². The number of aromatic nitrogens is 2. The average molecular weight is 256 g/mol. The monoisotopic (exact) mass is 256 g/mol. The predicted octanol–water partition coefficient (Wildman–Crippen LogP) is 3.40. The Morgan fingerprint density at radius 1 is 1.37 bits per heavy atom. The zero-order valence-electron chi connectivity index (χ0n) is 11.5. The molecule has 0 saturated heterocycles. The third kappa shape index (κ3) is 2.50. The molecule has 3 nitrogen and oxygen atoms in total. The van der Waals surface area contributed by atoms with Crippen molar-refractivity contribution in [2.45, 2.75) is 45.3 Å². The first-order chi connectivity index (χ1) is 9.24. The number of para-hydroxylation sites is 1. The minimum Gasteiger partial charge on any atom is -0.488 e. The third-order valence-corrected chi connectivity index (χ3v) is 3.67. The van der Waals surface area contributed by atoms with E-state index in [1.807, 2.05) is 12.3 Å². The Kier molecular flexibility index (Phi) is 3.28. The SMILES string of the molecule is CC(C)c1nccn1C[C@H]1CCc2ccccc2O1. The highest BCUT2D eigenvalue weighted by atomic mass is 16.5. The van der Waals surface area contributed by atoms with Crippen molar-refractivity contribution in [3.8, 4) is 5.75 Å². The van der Waals surface area contributed by atoms with Crippen LogP contribution in [-0.4, -0.2) is 15.7 Å². The number of hydrogen-bond donors (Lipinski definition) is 0. The van der Waals surface area contributed by atoms with Crippen LogP contribution < -0.4 is 4.74 Å².